The molecule has 2 aliphatic rings. The van der Waals surface area contributed by atoms with E-state index in [9.17, 15) is 18.4 Å². The van der Waals surface area contributed by atoms with Gasteiger partial charge in [0.05, 0.1) is 31.4 Å². The number of morpholine rings is 1. The number of ether oxygens (including phenoxy) is 3. The Kier molecular flexibility index (Phi) is 8.80. The maximum absolute atomic E-state index is 14.8. The average Bonchev–Trinajstić information content (AvgIpc) is 2.88. The van der Waals surface area contributed by atoms with Gasteiger partial charge in [-0.15, -0.1) is 0 Å². The van der Waals surface area contributed by atoms with Crippen molar-refractivity contribution in [1.29, 1.82) is 0 Å². The minimum Gasteiger partial charge on any atom is -0.466 e. The van der Waals surface area contributed by atoms with Gasteiger partial charge in [-0.05, 0) is 31.2 Å². The van der Waals surface area contributed by atoms with Gasteiger partial charge in [-0.1, -0.05) is 17.7 Å². The zero-order valence-electron chi connectivity index (χ0n) is 20.0. The molecule has 196 valence electrons. The summed E-state index contributed by atoms with van der Waals surface area (Å²) in [7, 11) is 0. The lowest BCUT2D eigenvalue weighted by Crippen LogP contribution is -2.51. The Morgan fingerprint density at radius 1 is 1.35 bits per heavy atom. The number of aliphatic imine (C=N–C) groups is 1. The maximum atomic E-state index is 14.8. The fourth-order valence-corrected chi connectivity index (χ4v) is 4.47. The molecule has 4 rings (SSSR count). The fourth-order valence-electron chi connectivity index (χ4n) is 4.20. The maximum Gasteiger partial charge on any atom is 0.338 e. The van der Waals surface area contributed by atoms with Crippen molar-refractivity contribution in [3.8, 4) is 0 Å². The Bertz CT molecular complexity index is 1230. The summed E-state index contributed by atoms with van der Waals surface area (Å²) in [4.78, 5) is 34.7. The number of halogens is 3. The molecular formula is C25H25ClF2N4O5. The number of hydrogen-bond donors (Lipinski definition) is 1. The van der Waals surface area contributed by atoms with Crippen molar-refractivity contribution in [2.24, 2.45) is 4.99 Å². The van der Waals surface area contributed by atoms with Crippen LogP contribution in [0.25, 0.3) is 0 Å². The predicted octanol–water partition coefficient (Wildman–Crippen LogP) is 2.80. The van der Waals surface area contributed by atoms with Crippen LogP contribution in [0.1, 0.15) is 24.2 Å². The highest BCUT2D eigenvalue weighted by Crippen LogP contribution is 2.37. The van der Waals surface area contributed by atoms with Gasteiger partial charge in [0.25, 0.3) is 6.47 Å². The molecule has 2 aromatic rings. The van der Waals surface area contributed by atoms with E-state index in [1.54, 1.807) is 6.92 Å². The first-order valence-electron chi connectivity index (χ1n) is 11.6. The molecule has 9 nitrogen and oxygen atoms in total. The number of carbonyl (C=O) groups is 2. The van der Waals surface area contributed by atoms with Crippen molar-refractivity contribution in [3.63, 3.8) is 0 Å². The van der Waals surface area contributed by atoms with Crippen LogP contribution in [0.2, 0.25) is 5.02 Å². The van der Waals surface area contributed by atoms with Crippen LogP contribution in [-0.4, -0.2) is 73.7 Å². The highest BCUT2D eigenvalue weighted by Gasteiger charge is 2.36. The minimum atomic E-state index is -1.04. The number of aromatic nitrogens is 1. The number of carbonyl (C=O) groups excluding carboxylic acids is 2. The lowest BCUT2D eigenvalue weighted by Gasteiger charge is -2.37. The van der Waals surface area contributed by atoms with E-state index in [0.29, 0.717) is 37.5 Å². The summed E-state index contributed by atoms with van der Waals surface area (Å²) >= 11 is 6.38. The standard InChI is InChI=1S/C25H25ClF2N4O5/c1-2-37-25(34)21-20(11-32-8-9-35-12-16(32)13-36-14-33)30-24(23-19(28)4-3-7-29-23)31-22(21)17-6-5-15(27)10-18(17)26/h3-7,10,14,16,22H,2,8-9,11-13H2,1H3,(H,30,31). The Hall–Kier alpha value is -3.41. The third kappa shape index (κ3) is 6.12. The number of pyridine rings is 1. The molecule has 2 aliphatic heterocycles. The van der Waals surface area contributed by atoms with Gasteiger partial charge in [0, 0.05) is 35.6 Å². The second-order valence-corrected chi connectivity index (χ2v) is 8.65. The summed E-state index contributed by atoms with van der Waals surface area (Å²) in [6.07, 6.45) is 1.42. The summed E-state index contributed by atoms with van der Waals surface area (Å²) in [5.74, 6) is -1.77. The third-order valence-electron chi connectivity index (χ3n) is 5.93. The number of hydrogen-bond acceptors (Lipinski definition) is 9. The van der Waals surface area contributed by atoms with Gasteiger partial charge in [0.2, 0.25) is 0 Å². The van der Waals surface area contributed by atoms with E-state index >= 15 is 0 Å². The summed E-state index contributed by atoms with van der Waals surface area (Å²) in [6, 6.07) is 5.11. The number of esters is 1. The molecule has 12 heteroatoms. The van der Waals surface area contributed by atoms with Gasteiger partial charge >= 0.3 is 5.97 Å². The van der Waals surface area contributed by atoms with Crippen LogP contribution < -0.4 is 5.32 Å². The van der Waals surface area contributed by atoms with Gasteiger partial charge in [0.1, 0.15) is 24.2 Å². The van der Waals surface area contributed by atoms with E-state index < -0.39 is 23.6 Å². The molecule has 0 spiro atoms. The molecule has 37 heavy (non-hydrogen) atoms. The molecule has 2 atom stereocenters. The van der Waals surface area contributed by atoms with Crippen molar-refractivity contribution < 1.29 is 32.6 Å². The summed E-state index contributed by atoms with van der Waals surface area (Å²) in [5, 5.41) is 3.11. The first kappa shape index (κ1) is 26.6. The zero-order valence-corrected chi connectivity index (χ0v) is 20.7. The van der Waals surface area contributed by atoms with Crippen LogP contribution in [0.4, 0.5) is 8.78 Å². The molecular weight excluding hydrogens is 510 g/mol. The van der Waals surface area contributed by atoms with E-state index in [2.05, 4.69) is 15.3 Å². The minimum absolute atomic E-state index is 0.0428. The van der Waals surface area contributed by atoms with Crippen LogP contribution in [0, 0.1) is 11.6 Å². The highest BCUT2D eigenvalue weighted by molar-refractivity contribution is 6.31. The third-order valence-corrected chi connectivity index (χ3v) is 6.26. The highest BCUT2D eigenvalue weighted by atomic mass is 35.5. The molecule has 0 amide bonds. The first-order chi connectivity index (χ1) is 17.9. The van der Waals surface area contributed by atoms with Gasteiger partial charge in [-0.3, -0.25) is 14.7 Å². The summed E-state index contributed by atoms with van der Waals surface area (Å²) in [5.41, 5.74) is 0.782. The van der Waals surface area contributed by atoms with E-state index in [-0.39, 0.29) is 47.9 Å². The largest absolute Gasteiger partial charge is 0.466 e. The normalized spacial score (nSPS) is 20.2. The molecule has 0 bridgehead atoms. The molecule has 1 saturated heterocycles. The topological polar surface area (TPSA) is 102 Å². The molecule has 1 aromatic carbocycles. The molecule has 2 unspecified atom stereocenters. The molecule has 1 aromatic heterocycles. The Morgan fingerprint density at radius 2 is 2.19 bits per heavy atom. The van der Waals surface area contributed by atoms with Crippen LogP contribution in [0.3, 0.4) is 0 Å². The van der Waals surface area contributed by atoms with Crippen molar-refractivity contribution >= 4 is 29.9 Å². The van der Waals surface area contributed by atoms with Crippen LogP contribution in [-0.2, 0) is 23.8 Å². The van der Waals surface area contributed by atoms with Gasteiger partial charge < -0.3 is 19.5 Å². The van der Waals surface area contributed by atoms with Gasteiger partial charge in [0.15, 0.2) is 11.7 Å². The number of nitrogens with zero attached hydrogens (tertiary/aromatic N) is 3. The molecule has 0 saturated carbocycles. The second kappa shape index (κ2) is 12.2. The van der Waals surface area contributed by atoms with E-state index in [0.717, 1.165) is 6.07 Å². The molecule has 1 fully saturated rings. The van der Waals surface area contributed by atoms with Crippen LogP contribution in [0.15, 0.2) is 52.8 Å². The van der Waals surface area contributed by atoms with Crippen molar-refractivity contribution in [3.05, 3.63) is 75.7 Å². The Morgan fingerprint density at radius 3 is 2.92 bits per heavy atom. The van der Waals surface area contributed by atoms with Gasteiger partial charge in [-0.2, -0.15) is 0 Å². The predicted molar refractivity (Wildman–Crippen MR) is 130 cm³/mol. The van der Waals surface area contributed by atoms with Crippen LogP contribution >= 0.6 is 11.6 Å². The Balaban J connectivity index is 1.83. The number of rotatable bonds is 9. The van der Waals surface area contributed by atoms with Crippen LogP contribution in [0.5, 0.6) is 0 Å². The van der Waals surface area contributed by atoms with E-state index in [1.165, 1.54) is 30.5 Å². The van der Waals surface area contributed by atoms with Crippen molar-refractivity contribution in [2.75, 3.05) is 39.5 Å². The molecule has 1 N–H and O–H groups in total. The fraction of sp³-hybridized carbons (Fsp3) is 0.360. The average molecular weight is 535 g/mol. The number of amidine groups is 1. The molecule has 0 aliphatic carbocycles. The smallest absolute Gasteiger partial charge is 0.338 e. The molecule has 3 heterocycles. The SMILES string of the molecule is CCOC(=O)C1=C(CN2CCOCC2COC=O)NC(c2ncccc2F)=NC1c1ccc(F)cc1Cl. The lowest BCUT2D eigenvalue weighted by molar-refractivity contribution is -0.139. The monoisotopic (exact) mass is 534 g/mol. The van der Waals surface area contributed by atoms with E-state index in [4.69, 9.17) is 25.8 Å². The van der Waals surface area contributed by atoms with Gasteiger partial charge in [-0.25, -0.2) is 18.6 Å². The summed E-state index contributed by atoms with van der Waals surface area (Å²) < 4.78 is 44.5. The van der Waals surface area contributed by atoms with Crippen molar-refractivity contribution in [2.45, 2.75) is 19.0 Å². The Labute approximate surface area is 217 Å². The number of nitrogens with one attached hydrogen (secondary N) is 1. The quantitative estimate of drug-likeness (QED) is 0.387. The summed E-state index contributed by atoms with van der Waals surface area (Å²) in [6.45, 7) is 3.55. The second-order valence-electron chi connectivity index (χ2n) is 8.25. The van der Waals surface area contributed by atoms with Crippen molar-refractivity contribution in [1.82, 2.24) is 15.2 Å². The molecule has 0 radical (unpaired) electrons. The van der Waals surface area contributed by atoms with E-state index in [1.807, 2.05) is 4.90 Å². The lowest BCUT2D eigenvalue weighted by atomic mass is 9.94. The first-order valence-corrected chi connectivity index (χ1v) is 12.0. The zero-order chi connectivity index (χ0) is 26.4. The number of benzene rings is 1.